The monoisotopic (exact) mass is 381 g/mol. The van der Waals surface area contributed by atoms with Crippen molar-refractivity contribution in [1.29, 1.82) is 0 Å². The summed E-state index contributed by atoms with van der Waals surface area (Å²) in [5, 5.41) is 14.0. The Bertz CT molecular complexity index is 1080. The molecule has 9 heteroatoms. The van der Waals surface area contributed by atoms with Gasteiger partial charge in [-0.1, -0.05) is 6.07 Å². The van der Waals surface area contributed by atoms with Gasteiger partial charge < -0.3 is 26.8 Å². The van der Waals surface area contributed by atoms with Crippen LogP contribution >= 0.6 is 0 Å². The number of amides is 1. The maximum absolute atomic E-state index is 12.1. The molecule has 0 aliphatic carbocycles. The molecule has 3 heterocycles. The summed E-state index contributed by atoms with van der Waals surface area (Å²) in [4.78, 5) is 23.4. The highest BCUT2D eigenvalue weighted by atomic mass is 16.3. The minimum atomic E-state index is -0.643. The lowest BCUT2D eigenvalue weighted by atomic mass is 10.1. The second-order valence-electron chi connectivity index (χ2n) is 6.98. The minimum absolute atomic E-state index is 0.138. The Kier molecular flexibility index (Phi) is 4.31. The van der Waals surface area contributed by atoms with E-state index in [1.165, 1.54) is 0 Å². The second kappa shape index (κ2) is 6.68. The van der Waals surface area contributed by atoms with E-state index in [1.54, 1.807) is 29.8 Å². The summed E-state index contributed by atoms with van der Waals surface area (Å²) in [6, 6.07) is 3.43. The number of nitrogens with zero attached hydrogens (tertiary/aromatic N) is 4. The van der Waals surface area contributed by atoms with Gasteiger partial charge in [0.25, 0.3) is 5.91 Å². The second-order valence-corrected chi connectivity index (χ2v) is 6.98. The van der Waals surface area contributed by atoms with Crippen LogP contribution in [0.2, 0.25) is 0 Å². The number of fused-ring (bicyclic) bond motifs is 1. The Balaban J connectivity index is 2.03. The Morgan fingerprint density at radius 3 is 2.64 bits per heavy atom. The Hall–Kier alpha value is -3.33. The van der Waals surface area contributed by atoms with Crippen LogP contribution in [0.3, 0.4) is 0 Å². The van der Waals surface area contributed by atoms with Gasteiger partial charge in [-0.2, -0.15) is 4.98 Å². The number of anilines is 2. The number of aromatic nitrogens is 3. The molecule has 28 heavy (non-hydrogen) atoms. The first-order valence-corrected chi connectivity index (χ1v) is 9.12. The molecule has 0 atom stereocenters. The van der Waals surface area contributed by atoms with Crippen LogP contribution in [0.15, 0.2) is 18.3 Å². The number of nitrogens with one attached hydrogen (secondary N) is 1. The summed E-state index contributed by atoms with van der Waals surface area (Å²) in [6.45, 7) is 6.98. The van der Waals surface area contributed by atoms with Crippen LogP contribution in [-0.2, 0) is 0 Å². The summed E-state index contributed by atoms with van der Waals surface area (Å²) >= 11 is 0. The molecule has 1 aliphatic rings. The molecule has 1 aromatic carbocycles. The van der Waals surface area contributed by atoms with Gasteiger partial charge in [-0.05, 0) is 25.5 Å². The molecule has 1 amide bonds. The van der Waals surface area contributed by atoms with Gasteiger partial charge in [-0.25, -0.2) is 4.98 Å². The quantitative estimate of drug-likeness (QED) is 0.528. The van der Waals surface area contributed by atoms with Crippen LogP contribution in [0.4, 0.5) is 11.8 Å². The van der Waals surface area contributed by atoms with E-state index in [2.05, 4.69) is 15.2 Å². The predicted octanol–water partition coefficient (Wildman–Crippen LogP) is 0.834. The van der Waals surface area contributed by atoms with Gasteiger partial charge in [0.15, 0.2) is 5.65 Å². The van der Waals surface area contributed by atoms with Crippen molar-refractivity contribution < 1.29 is 9.90 Å². The fourth-order valence-electron chi connectivity index (χ4n) is 3.75. The third-order valence-corrected chi connectivity index (χ3v) is 5.21. The molecule has 6 N–H and O–H groups in total. The van der Waals surface area contributed by atoms with Crippen LogP contribution in [-0.4, -0.2) is 51.7 Å². The summed E-state index contributed by atoms with van der Waals surface area (Å²) in [5.74, 6) is 0.249. The number of carbonyl (C=O) groups excluding carboxylic acids is 1. The van der Waals surface area contributed by atoms with Crippen molar-refractivity contribution in [1.82, 2.24) is 19.9 Å². The van der Waals surface area contributed by atoms with Crippen LogP contribution < -0.4 is 21.7 Å². The molecular weight excluding hydrogens is 358 g/mol. The average Bonchev–Trinajstić information content (AvgIpc) is 2.97. The van der Waals surface area contributed by atoms with Crippen molar-refractivity contribution in [2.45, 2.75) is 13.8 Å². The molecule has 1 aliphatic heterocycles. The van der Waals surface area contributed by atoms with Gasteiger partial charge in [-0.3, -0.25) is 9.36 Å². The largest absolute Gasteiger partial charge is 0.508 e. The number of aryl methyl sites for hydroxylation is 1. The third kappa shape index (κ3) is 2.71. The summed E-state index contributed by atoms with van der Waals surface area (Å²) in [5.41, 5.74) is 14.8. The van der Waals surface area contributed by atoms with E-state index >= 15 is 0 Å². The van der Waals surface area contributed by atoms with E-state index in [0.717, 1.165) is 31.7 Å². The maximum Gasteiger partial charge on any atom is 0.253 e. The highest BCUT2D eigenvalue weighted by molar-refractivity contribution is 6.10. The normalized spacial score (nSPS) is 14.6. The third-order valence-electron chi connectivity index (χ3n) is 5.21. The smallest absolute Gasteiger partial charge is 0.253 e. The van der Waals surface area contributed by atoms with Crippen molar-refractivity contribution in [3.05, 3.63) is 35.0 Å². The number of phenols is 1. The number of hydrogen-bond acceptors (Lipinski definition) is 7. The zero-order valence-electron chi connectivity index (χ0n) is 15.9. The van der Waals surface area contributed by atoms with Gasteiger partial charge >= 0.3 is 0 Å². The molecule has 0 saturated carbocycles. The summed E-state index contributed by atoms with van der Waals surface area (Å²) < 4.78 is 1.69. The molecule has 3 aromatic rings. The average molecular weight is 381 g/mol. The molecule has 4 rings (SSSR count). The van der Waals surface area contributed by atoms with E-state index in [9.17, 15) is 9.90 Å². The van der Waals surface area contributed by atoms with E-state index in [0.29, 0.717) is 28.2 Å². The number of piperazine rings is 1. The van der Waals surface area contributed by atoms with Crippen LogP contribution in [0.1, 0.15) is 21.5 Å². The SMILES string of the molecule is Cc1ccc(O)c(C)c1-n1c(N)c(C(N)=O)c2cnc(N3CCNCC3)nc21. The van der Waals surface area contributed by atoms with Gasteiger partial charge in [0.1, 0.15) is 11.6 Å². The number of nitrogen functional groups attached to an aromatic ring is 1. The van der Waals surface area contributed by atoms with Crippen molar-refractivity contribution in [2.24, 2.45) is 5.73 Å². The Morgan fingerprint density at radius 2 is 1.96 bits per heavy atom. The highest BCUT2D eigenvalue weighted by Gasteiger charge is 2.25. The maximum atomic E-state index is 12.1. The highest BCUT2D eigenvalue weighted by Crippen LogP contribution is 2.35. The van der Waals surface area contributed by atoms with Gasteiger partial charge in [0, 0.05) is 37.9 Å². The molecule has 0 bridgehead atoms. The number of benzene rings is 1. The van der Waals surface area contributed by atoms with Gasteiger partial charge in [0.2, 0.25) is 5.95 Å². The molecule has 0 spiro atoms. The van der Waals surface area contributed by atoms with Crippen LogP contribution in [0.25, 0.3) is 16.7 Å². The summed E-state index contributed by atoms with van der Waals surface area (Å²) in [6.07, 6.45) is 1.60. The van der Waals surface area contributed by atoms with Crippen LogP contribution in [0.5, 0.6) is 5.75 Å². The van der Waals surface area contributed by atoms with Crippen molar-refractivity contribution in [3.8, 4) is 11.4 Å². The topological polar surface area (TPSA) is 135 Å². The molecule has 1 saturated heterocycles. The summed E-state index contributed by atoms with van der Waals surface area (Å²) in [7, 11) is 0. The number of primary amides is 1. The molecule has 1 fully saturated rings. The van der Waals surface area contributed by atoms with E-state index < -0.39 is 5.91 Å². The first kappa shape index (κ1) is 18.1. The molecular formula is C19H23N7O2. The minimum Gasteiger partial charge on any atom is -0.508 e. The number of phenolic OH excluding ortho intramolecular Hbond substituents is 1. The first-order valence-electron chi connectivity index (χ1n) is 9.12. The Labute approximate surface area is 162 Å². The van der Waals surface area contributed by atoms with Gasteiger partial charge in [-0.15, -0.1) is 0 Å². The lowest BCUT2D eigenvalue weighted by Gasteiger charge is -2.27. The Morgan fingerprint density at radius 1 is 1.25 bits per heavy atom. The van der Waals surface area contributed by atoms with Crippen molar-refractivity contribution in [2.75, 3.05) is 36.8 Å². The predicted molar refractivity (Wildman–Crippen MR) is 108 cm³/mol. The molecule has 2 aromatic heterocycles. The first-order chi connectivity index (χ1) is 13.4. The molecule has 146 valence electrons. The fourth-order valence-corrected chi connectivity index (χ4v) is 3.75. The lowest BCUT2D eigenvalue weighted by Crippen LogP contribution is -2.44. The molecule has 0 unspecified atom stereocenters. The standard InChI is InChI=1S/C19H23N7O2/c1-10-3-4-13(27)11(2)15(10)26-16(20)14(17(21)28)12-9-23-19(24-18(12)26)25-7-5-22-6-8-25/h3-4,9,22,27H,5-8,20H2,1-2H3,(H2,21,28). The molecule has 0 radical (unpaired) electrons. The zero-order chi connectivity index (χ0) is 20.0. The van der Waals surface area contributed by atoms with Crippen LogP contribution in [0, 0.1) is 13.8 Å². The van der Waals surface area contributed by atoms with E-state index in [-0.39, 0.29) is 17.1 Å². The van der Waals surface area contributed by atoms with E-state index in [4.69, 9.17) is 16.5 Å². The number of hydrogen-bond donors (Lipinski definition) is 4. The number of nitrogens with two attached hydrogens (primary N) is 2. The number of carbonyl (C=O) groups is 1. The van der Waals surface area contributed by atoms with Gasteiger partial charge in [0.05, 0.1) is 16.6 Å². The molecule has 9 nitrogen and oxygen atoms in total. The van der Waals surface area contributed by atoms with Crippen molar-refractivity contribution in [3.63, 3.8) is 0 Å². The van der Waals surface area contributed by atoms with E-state index in [1.807, 2.05) is 6.92 Å². The van der Waals surface area contributed by atoms with Crippen molar-refractivity contribution >= 4 is 28.7 Å². The fraction of sp³-hybridized carbons (Fsp3) is 0.316. The lowest BCUT2D eigenvalue weighted by molar-refractivity contribution is 0.100. The number of rotatable bonds is 3. The zero-order valence-corrected chi connectivity index (χ0v) is 15.9. The number of aromatic hydroxyl groups is 1.